The van der Waals surface area contributed by atoms with Crippen LogP contribution >= 0.6 is 0 Å². The zero-order valence-electron chi connectivity index (χ0n) is 14.0. The van der Waals surface area contributed by atoms with Gasteiger partial charge in [-0.1, -0.05) is 12.1 Å². The number of piperazine rings is 1. The fourth-order valence-corrected chi connectivity index (χ4v) is 2.59. The summed E-state index contributed by atoms with van der Waals surface area (Å²) in [5.74, 6) is 0. The van der Waals surface area contributed by atoms with Gasteiger partial charge in [-0.25, -0.2) is 4.79 Å². The number of nitrogens with zero attached hydrogens (tertiary/aromatic N) is 3. The molecule has 0 aliphatic carbocycles. The van der Waals surface area contributed by atoms with Crippen molar-refractivity contribution >= 4 is 17.5 Å². The molecule has 0 unspecified atom stereocenters. The van der Waals surface area contributed by atoms with Crippen LogP contribution < -0.4 is 4.90 Å². The molecule has 0 saturated carbocycles. The molecule has 0 N–H and O–H groups in total. The van der Waals surface area contributed by atoms with Gasteiger partial charge in [0.25, 0.3) is 5.69 Å². The molecule has 126 valence electrons. The van der Waals surface area contributed by atoms with Gasteiger partial charge in [0.1, 0.15) is 11.3 Å². The number of amides is 1. The van der Waals surface area contributed by atoms with Gasteiger partial charge in [-0.2, -0.15) is 0 Å². The first-order valence-electron chi connectivity index (χ1n) is 7.66. The summed E-state index contributed by atoms with van der Waals surface area (Å²) < 4.78 is 5.36. The van der Waals surface area contributed by atoms with E-state index in [9.17, 15) is 14.9 Å². The summed E-state index contributed by atoms with van der Waals surface area (Å²) in [5, 5.41) is 11.3. The number of rotatable bonds is 2. The lowest BCUT2D eigenvalue weighted by molar-refractivity contribution is -0.384. The highest BCUT2D eigenvalue weighted by Crippen LogP contribution is 2.32. The molecule has 7 heteroatoms. The van der Waals surface area contributed by atoms with Crippen LogP contribution in [0.2, 0.25) is 0 Å². The van der Waals surface area contributed by atoms with Crippen molar-refractivity contribution in [3.8, 4) is 0 Å². The summed E-state index contributed by atoms with van der Waals surface area (Å²) in [6, 6.07) is 5.31. The van der Waals surface area contributed by atoms with Crippen molar-refractivity contribution in [1.82, 2.24) is 4.90 Å². The molecular formula is C16H23N3O4. The van der Waals surface area contributed by atoms with Gasteiger partial charge < -0.3 is 14.5 Å². The Labute approximate surface area is 136 Å². The summed E-state index contributed by atoms with van der Waals surface area (Å²) >= 11 is 0. The van der Waals surface area contributed by atoms with E-state index in [0.717, 1.165) is 0 Å². The van der Waals surface area contributed by atoms with Crippen molar-refractivity contribution < 1.29 is 14.5 Å². The van der Waals surface area contributed by atoms with Gasteiger partial charge in [0.2, 0.25) is 0 Å². The van der Waals surface area contributed by atoms with Crippen molar-refractivity contribution in [2.45, 2.75) is 33.3 Å². The minimum absolute atomic E-state index is 0.137. The number of carbonyl (C=O) groups excluding carboxylic acids is 1. The van der Waals surface area contributed by atoms with Gasteiger partial charge in [-0.05, 0) is 33.8 Å². The minimum atomic E-state index is -0.524. The molecule has 1 aliphatic rings. The molecule has 7 nitrogen and oxygen atoms in total. The maximum atomic E-state index is 12.1. The third-order valence-electron chi connectivity index (χ3n) is 3.67. The number of ether oxygens (including phenoxy) is 1. The summed E-state index contributed by atoms with van der Waals surface area (Å²) in [5.41, 5.74) is 0.864. The van der Waals surface area contributed by atoms with Crippen LogP contribution in [0.4, 0.5) is 16.2 Å². The fraction of sp³-hybridized carbons (Fsp3) is 0.562. The van der Waals surface area contributed by atoms with Crippen molar-refractivity contribution in [1.29, 1.82) is 0 Å². The lowest BCUT2D eigenvalue weighted by Gasteiger charge is -2.36. The molecule has 1 heterocycles. The van der Waals surface area contributed by atoms with E-state index < -0.39 is 5.60 Å². The van der Waals surface area contributed by atoms with Crippen molar-refractivity contribution in [2.24, 2.45) is 0 Å². The third-order valence-corrected chi connectivity index (χ3v) is 3.67. The smallest absolute Gasteiger partial charge is 0.410 e. The van der Waals surface area contributed by atoms with Crippen LogP contribution in [0.25, 0.3) is 0 Å². The molecule has 1 amide bonds. The predicted octanol–water partition coefficient (Wildman–Crippen LogP) is 2.96. The summed E-state index contributed by atoms with van der Waals surface area (Å²) in [7, 11) is 0. The Morgan fingerprint density at radius 3 is 2.35 bits per heavy atom. The predicted molar refractivity (Wildman–Crippen MR) is 87.9 cm³/mol. The Morgan fingerprint density at radius 2 is 1.83 bits per heavy atom. The van der Waals surface area contributed by atoms with Crippen LogP contribution in [-0.4, -0.2) is 47.7 Å². The molecule has 0 radical (unpaired) electrons. The highest BCUT2D eigenvalue weighted by molar-refractivity contribution is 5.70. The first-order valence-corrected chi connectivity index (χ1v) is 7.66. The largest absolute Gasteiger partial charge is 0.444 e. The number of para-hydroxylation sites is 1. The number of aryl methyl sites for hydroxylation is 1. The zero-order valence-corrected chi connectivity index (χ0v) is 14.0. The van der Waals surface area contributed by atoms with E-state index in [1.54, 1.807) is 24.0 Å². The molecule has 1 saturated heterocycles. The second kappa shape index (κ2) is 6.44. The molecule has 2 rings (SSSR count). The normalized spacial score (nSPS) is 15.5. The van der Waals surface area contributed by atoms with Gasteiger partial charge in [-0.3, -0.25) is 10.1 Å². The average molecular weight is 321 g/mol. The molecule has 0 spiro atoms. The first-order chi connectivity index (χ1) is 10.7. The molecule has 1 aromatic carbocycles. The number of nitro groups is 1. The molecule has 0 aromatic heterocycles. The van der Waals surface area contributed by atoms with Gasteiger partial charge >= 0.3 is 6.09 Å². The van der Waals surface area contributed by atoms with E-state index >= 15 is 0 Å². The number of carbonyl (C=O) groups is 1. The van der Waals surface area contributed by atoms with E-state index in [4.69, 9.17) is 4.74 Å². The van der Waals surface area contributed by atoms with E-state index in [0.29, 0.717) is 37.4 Å². The van der Waals surface area contributed by atoms with E-state index in [1.807, 2.05) is 31.7 Å². The Morgan fingerprint density at radius 1 is 1.22 bits per heavy atom. The lowest BCUT2D eigenvalue weighted by atomic mass is 10.1. The zero-order chi connectivity index (χ0) is 17.2. The number of benzene rings is 1. The maximum absolute atomic E-state index is 12.1. The molecule has 1 aromatic rings. The minimum Gasteiger partial charge on any atom is -0.444 e. The fourth-order valence-electron chi connectivity index (χ4n) is 2.59. The monoisotopic (exact) mass is 321 g/mol. The second-order valence-electron chi connectivity index (χ2n) is 6.65. The Hall–Kier alpha value is -2.31. The SMILES string of the molecule is Cc1cccc(N2CCN(C(=O)OC(C)(C)C)CC2)c1[N+](=O)[O-]. The average Bonchev–Trinajstić information content (AvgIpc) is 2.45. The topological polar surface area (TPSA) is 75.9 Å². The highest BCUT2D eigenvalue weighted by Gasteiger charge is 2.29. The van der Waals surface area contributed by atoms with Crippen LogP contribution in [-0.2, 0) is 4.74 Å². The van der Waals surface area contributed by atoms with Gasteiger partial charge in [0, 0.05) is 31.7 Å². The molecule has 1 fully saturated rings. The van der Waals surface area contributed by atoms with E-state index in [-0.39, 0.29) is 16.7 Å². The second-order valence-corrected chi connectivity index (χ2v) is 6.65. The van der Waals surface area contributed by atoms with E-state index in [1.165, 1.54) is 0 Å². The number of hydrogen-bond donors (Lipinski definition) is 0. The maximum Gasteiger partial charge on any atom is 0.410 e. The van der Waals surface area contributed by atoms with Crippen molar-refractivity contribution in [3.05, 3.63) is 33.9 Å². The molecule has 0 bridgehead atoms. The summed E-state index contributed by atoms with van der Waals surface area (Å²) in [6.45, 7) is 9.29. The van der Waals surface area contributed by atoms with Crippen molar-refractivity contribution in [3.63, 3.8) is 0 Å². The van der Waals surface area contributed by atoms with Crippen LogP contribution in [0.15, 0.2) is 18.2 Å². The van der Waals surface area contributed by atoms with Crippen molar-refractivity contribution in [2.75, 3.05) is 31.1 Å². The number of nitro benzene ring substituents is 1. The summed E-state index contributed by atoms with van der Waals surface area (Å²) in [6.07, 6.45) is -0.337. The number of anilines is 1. The van der Waals surface area contributed by atoms with Crippen LogP contribution in [0.1, 0.15) is 26.3 Å². The third kappa shape index (κ3) is 4.12. The van der Waals surface area contributed by atoms with Gasteiger partial charge in [0.15, 0.2) is 0 Å². The summed E-state index contributed by atoms with van der Waals surface area (Å²) in [4.78, 5) is 26.6. The first kappa shape index (κ1) is 17.1. The van der Waals surface area contributed by atoms with Crippen LogP contribution in [0.5, 0.6) is 0 Å². The molecule has 0 atom stereocenters. The molecular weight excluding hydrogens is 298 g/mol. The standard InChI is InChI=1S/C16H23N3O4/c1-12-6-5-7-13(14(12)19(21)22)17-8-10-18(11-9-17)15(20)23-16(2,3)4/h5-7H,8-11H2,1-4H3. The van der Waals surface area contributed by atoms with E-state index in [2.05, 4.69) is 0 Å². The molecule has 1 aliphatic heterocycles. The highest BCUT2D eigenvalue weighted by atomic mass is 16.6. The van der Waals surface area contributed by atoms with Gasteiger partial charge in [0.05, 0.1) is 4.92 Å². The van der Waals surface area contributed by atoms with Crippen LogP contribution in [0, 0.1) is 17.0 Å². The molecule has 23 heavy (non-hydrogen) atoms. The lowest BCUT2D eigenvalue weighted by Crippen LogP contribution is -2.50. The Kier molecular flexibility index (Phi) is 4.77. The van der Waals surface area contributed by atoms with Crippen LogP contribution in [0.3, 0.4) is 0 Å². The van der Waals surface area contributed by atoms with Gasteiger partial charge in [-0.15, -0.1) is 0 Å². The number of hydrogen-bond acceptors (Lipinski definition) is 5. The Balaban J connectivity index is 2.07. The quantitative estimate of drug-likeness (QED) is 0.618. The Bertz CT molecular complexity index is 602.